The first-order valence-electron chi connectivity index (χ1n) is 5.60. The lowest BCUT2D eigenvalue weighted by Crippen LogP contribution is -2.37. The summed E-state index contributed by atoms with van der Waals surface area (Å²) < 4.78 is 0. The first-order chi connectivity index (χ1) is 8.33. The lowest BCUT2D eigenvalue weighted by molar-refractivity contribution is 0.579. The first-order valence-corrected chi connectivity index (χ1v) is 5.60. The minimum absolute atomic E-state index is 0.0533. The Morgan fingerprint density at radius 3 is 1.82 bits per heavy atom. The van der Waals surface area contributed by atoms with Gasteiger partial charge in [0.05, 0.1) is 17.3 Å². The molecular weight excluding hydrogens is 212 g/mol. The van der Waals surface area contributed by atoms with Gasteiger partial charge >= 0.3 is 0 Å². The summed E-state index contributed by atoms with van der Waals surface area (Å²) >= 11 is 0. The summed E-state index contributed by atoms with van der Waals surface area (Å²) in [6, 6.07) is 11.4. The maximum atomic E-state index is 6.08. The van der Waals surface area contributed by atoms with Crippen molar-refractivity contribution in [2.75, 3.05) is 6.54 Å². The van der Waals surface area contributed by atoms with Gasteiger partial charge in [-0.05, 0) is 24.3 Å². The van der Waals surface area contributed by atoms with Crippen LogP contribution in [-0.4, -0.2) is 22.6 Å². The fourth-order valence-corrected chi connectivity index (χ4v) is 1.85. The van der Waals surface area contributed by atoms with Crippen molar-refractivity contribution < 1.29 is 0 Å². The zero-order chi connectivity index (χ0) is 12.1. The van der Waals surface area contributed by atoms with Crippen LogP contribution in [0.2, 0.25) is 0 Å². The maximum Gasteiger partial charge on any atom is 0.0599 e. The molecule has 0 fully saturated rings. The van der Waals surface area contributed by atoms with Crippen LogP contribution in [0, 0.1) is 0 Å². The molecule has 1 atom stereocenters. The second-order valence-corrected chi connectivity index (χ2v) is 3.89. The normalized spacial score (nSPS) is 12.6. The number of hydrogen-bond acceptors (Lipinski definition) is 4. The Morgan fingerprint density at radius 2 is 1.47 bits per heavy atom. The molecule has 2 aromatic heterocycles. The van der Waals surface area contributed by atoms with Crippen LogP contribution in [0.15, 0.2) is 48.8 Å². The van der Waals surface area contributed by atoms with E-state index in [-0.39, 0.29) is 12.0 Å². The fourth-order valence-electron chi connectivity index (χ4n) is 1.85. The molecule has 4 nitrogen and oxygen atoms in total. The van der Waals surface area contributed by atoms with Crippen LogP contribution in [0.25, 0.3) is 0 Å². The summed E-state index contributed by atoms with van der Waals surface area (Å²) in [7, 11) is 0. The zero-order valence-corrected chi connectivity index (χ0v) is 9.53. The molecule has 0 saturated heterocycles. The molecule has 0 bridgehead atoms. The fraction of sp³-hybridized carbons (Fsp3) is 0.231. The van der Waals surface area contributed by atoms with Crippen LogP contribution < -0.4 is 11.5 Å². The van der Waals surface area contributed by atoms with Crippen molar-refractivity contribution in [2.45, 2.75) is 12.0 Å². The lowest BCUT2D eigenvalue weighted by atomic mass is 9.92. The predicted molar refractivity (Wildman–Crippen MR) is 67.3 cm³/mol. The molecule has 2 rings (SSSR count). The molecule has 88 valence electrons. The van der Waals surface area contributed by atoms with Gasteiger partial charge in [0.15, 0.2) is 0 Å². The van der Waals surface area contributed by atoms with Crippen molar-refractivity contribution in [3.8, 4) is 0 Å². The molecule has 2 aromatic rings. The number of nitrogens with two attached hydrogens (primary N) is 2. The van der Waals surface area contributed by atoms with E-state index in [2.05, 4.69) is 9.97 Å². The van der Waals surface area contributed by atoms with Gasteiger partial charge in [-0.1, -0.05) is 12.1 Å². The molecule has 0 radical (unpaired) electrons. The third-order valence-corrected chi connectivity index (χ3v) is 2.71. The third-order valence-electron chi connectivity index (χ3n) is 2.71. The molecule has 0 saturated carbocycles. The SMILES string of the molecule is NCC(N)C(c1ccccn1)c1ccccn1. The minimum atomic E-state index is -0.181. The van der Waals surface area contributed by atoms with Crippen LogP contribution in [0.5, 0.6) is 0 Å². The van der Waals surface area contributed by atoms with Gasteiger partial charge in [-0.2, -0.15) is 0 Å². The molecule has 1 unspecified atom stereocenters. The Kier molecular flexibility index (Phi) is 3.80. The van der Waals surface area contributed by atoms with E-state index in [0.717, 1.165) is 11.4 Å². The summed E-state index contributed by atoms with van der Waals surface area (Å²) in [6.45, 7) is 0.401. The van der Waals surface area contributed by atoms with E-state index in [4.69, 9.17) is 11.5 Å². The van der Waals surface area contributed by atoms with Gasteiger partial charge in [-0.25, -0.2) is 0 Å². The molecule has 0 aliphatic rings. The molecule has 0 aliphatic carbocycles. The van der Waals surface area contributed by atoms with Gasteiger partial charge in [-0.3, -0.25) is 9.97 Å². The van der Waals surface area contributed by atoms with Gasteiger partial charge in [0.2, 0.25) is 0 Å². The molecule has 2 heterocycles. The molecule has 0 aromatic carbocycles. The highest BCUT2D eigenvalue weighted by Gasteiger charge is 2.22. The summed E-state index contributed by atoms with van der Waals surface area (Å²) in [5.41, 5.74) is 13.6. The molecule has 4 N–H and O–H groups in total. The molecule has 0 aliphatic heterocycles. The molecule has 17 heavy (non-hydrogen) atoms. The Morgan fingerprint density at radius 1 is 0.941 bits per heavy atom. The average Bonchev–Trinajstić information content (AvgIpc) is 2.41. The van der Waals surface area contributed by atoms with Crippen molar-refractivity contribution in [2.24, 2.45) is 11.5 Å². The number of rotatable bonds is 4. The topological polar surface area (TPSA) is 77.8 Å². The van der Waals surface area contributed by atoms with Crippen molar-refractivity contribution in [3.63, 3.8) is 0 Å². The van der Waals surface area contributed by atoms with Crippen molar-refractivity contribution in [1.82, 2.24) is 9.97 Å². The standard InChI is InChI=1S/C13H16N4/c14-9-10(15)13(11-5-1-3-7-16-11)12-6-2-4-8-17-12/h1-8,10,13H,9,14-15H2. The van der Waals surface area contributed by atoms with Crippen LogP contribution in [0.3, 0.4) is 0 Å². The van der Waals surface area contributed by atoms with E-state index in [1.165, 1.54) is 0 Å². The lowest BCUT2D eigenvalue weighted by Gasteiger charge is -2.21. The zero-order valence-electron chi connectivity index (χ0n) is 9.53. The van der Waals surface area contributed by atoms with Crippen molar-refractivity contribution >= 4 is 0 Å². The molecule has 0 spiro atoms. The van der Waals surface area contributed by atoms with Crippen LogP contribution >= 0.6 is 0 Å². The van der Waals surface area contributed by atoms with E-state index >= 15 is 0 Å². The minimum Gasteiger partial charge on any atom is -0.329 e. The van der Waals surface area contributed by atoms with Crippen LogP contribution in [0.1, 0.15) is 17.3 Å². The van der Waals surface area contributed by atoms with Gasteiger partial charge in [0.25, 0.3) is 0 Å². The van der Waals surface area contributed by atoms with Crippen LogP contribution in [-0.2, 0) is 0 Å². The maximum absolute atomic E-state index is 6.08. The molecule has 4 heteroatoms. The monoisotopic (exact) mass is 228 g/mol. The molecular formula is C13H16N4. The highest BCUT2D eigenvalue weighted by Crippen LogP contribution is 2.23. The van der Waals surface area contributed by atoms with E-state index in [1.54, 1.807) is 12.4 Å². The number of pyridine rings is 2. The van der Waals surface area contributed by atoms with Crippen molar-refractivity contribution in [3.05, 3.63) is 60.2 Å². The van der Waals surface area contributed by atoms with E-state index in [1.807, 2.05) is 36.4 Å². The number of nitrogens with zero attached hydrogens (tertiary/aromatic N) is 2. The smallest absolute Gasteiger partial charge is 0.0599 e. The van der Waals surface area contributed by atoms with E-state index in [0.29, 0.717) is 6.54 Å². The Balaban J connectivity index is 2.39. The van der Waals surface area contributed by atoms with Gasteiger partial charge in [0.1, 0.15) is 0 Å². The van der Waals surface area contributed by atoms with Crippen LogP contribution in [0.4, 0.5) is 0 Å². The average molecular weight is 228 g/mol. The Bertz CT molecular complexity index is 404. The highest BCUT2D eigenvalue weighted by atomic mass is 14.8. The largest absolute Gasteiger partial charge is 0.329 e. The van der Waals surface area contributed by atoms with Crippen molar-refractivity contribution in [1.29, 1.82) is 0 Å². The summed E-state index contributed by atoms with van der Waals surface area (Å²) in [5.74, 6) is -0.0533. The van der Waals surface area contributed by atoms with E-state index in [9.17, 15) is 0 Å². The second kappa shape index (κ2) is 5.52. The highest BCUT2D eigenvalue weighted by molar-refractivity contribution is 5.25. The van der Waals surface area contributed by atoms with Gasteiger partial charge < -0.3 is 11.5 Å². The van der Waals surface area contributed by atoms with Gasteiger partial charge in [0, 0.05) is 25.0 Å². The Labute approximate surface area is 101 Å². The Hall–Kier alpha value is -1.78. The van der Waals surface area contributed by atoms with Gasteiger partial charge in [-0.15, -0.1) is 0 Å². The number of hydrogen-bond donors (Lipinski definition) is 2. The third kappa shape index (κ3) is 2.67. The quantitative estimate of drug-likeness (QED) is 0.814. The first kappa shape index (κ1) is 11.7. The number of aromatic nitrogens is 2. The second-order valence-electron chi connectivity index (χ2n) is 3.89. The summed E-state index contributed by atoms with van der Waals surface area (Å²) in [4.78, 5) is 8.70. The predicted octanol–water partition coefficient (Wildman–Crippen LogP) is 0.894. The summed E-state index contributed by atoms with van der Waals surface area (Å²) in [6.07, 6.45) is 3.52. The summed E-state index contributed by atoms with van der Waals surface area (Å²) in [5, 5.41) is 0. The van der Waals surface area contributed by atoms with E-state index < -0.39 is 0 Å². The molecule has 0 amide bonds.